The summed E-state index contributed by atoms with van der Waals surface area (Å²) in [7, 11) is 2.00. The highest BCUT2D eigenvalue weighted by atomic mass is 16.3. The molecule has 1 aromatic rings. The average Bonchev–Trinajstić information content (AvgIpc) is 2.83. The van der Waals surface area contributed by atoms with Crippen molar-refractivity contribution in [3.63, 3.8) is 0 Å². The van der Waals surface area contributed by atoms with Crippen LogP contribution < -0.4 is 5.32 Å². The van der Waals surface area contributed by atoms with Crippen molar-refractivity contribution in [2.75, 3.05) is 33.2 Å². The highest BCUT2D eigenvalue weighted by molar-refractivity contribution is 5.94. The summed E-state index contributed by atoms with van der Waals surface area (Å²) >= 11 is 0. The van der Waals surface area contributed by atoms with E-state index in [1.165, 1.54) is 19.1 Å². The highest BCUT2D eigenvalue weighted by Gasteiger charge is 2.17. The van der Waals surface area contributed by atoms with E-state index in [9.17, 15) is 4.79 Å². The molecule has 0 radical (unpaired) electrons. The number of Topliss-reactive ketones (excluding diaryl/α,β-unsaturated/α-hetero) is 1. The first-order chi connectivity index (χ1) is 8.25. The lowest BCUT2D eigenvalue weighted by Gasteiger charge is -2.27. The molecule has 1 fully saturated rings. The van der Waals surface area contributed by atoms with Gasteiger partial charge >= 0.3 is 0 Å². The zero-order chi connectivity index (χ0) is 12.1. The van der Waals surface area contributed by atoms with E-state index < -0.39 is 0 Å². The van der Waals surface area contributed by atoms with Gasteiger partial charge in [-0.05, 0) is 51.0 Å². The van der Waals surface area contributed by atoms with Crippen LogP contribution in [0.15, 0.2) is 22.8 Å². The number of furan rings is 1. The number of piperidine rings is 1. The van der Waals surface area contributed by atoms with Crippen LogP contribution in [0.5, 0.6) is 0 Å². The molecular weight excluding hydrogens is 216 g/mol. The third kappa shape index (κ3) is 3.68. The number of ketones is 1. The Hall–Kier alpha value is -1.13. The molecule has 0 amide bonds. The van der Waals surface area contributed by atoms with Gasteiger partial charge in [-0.25, -0.2) is 0 Å². The Morgan fingerprint density at radius 2 is 2.53 bits per heavy atom. The first kappa shape index (κ1) is 12.3. The summed E-state index contributed by atoms with van der Waals surface area (Å²) in [6.07, 6.45) is 4.04. The van der Waals surface area contributed by atoms with E-state index in [4.69, 9.17) is 4.42 Å². The molecule has 1 aliphatic heterocycles. The summed E-state index contributed by atoms with van der Waals surface area (Å²) in [4.78, 5) is 13.9. The van der Waals surface area contributed by atoms with E-state index in [0.29, 0.717) is 18.2 Å². The van der Waals surface area contributed by atoms with Gasteiger partial charge in [-0.3, -0.25) is 9.69 Å². The van der Waals surface area contributed by atoms with Gasteiger partial charge in [0.05, 0.1) is 12.8 Å². The van der Waals surface area contributed by atoms with Crippen molar-refractivity contribution >= 4 is 5.78 Å². The Balaban J connectivity index is 1.76. The number of hydrogen-bond acceptors (Lipinski definition) is 4. The summed E-state index contributed by atoms with van der Waals surface area (Å²) in [5.74, 6) is 1.18. The molecule has 0 unspecified atom stereocenters. The van der Waals surface area contributed by atoms with Crippen molar-refractivity contribution in [1.29, 1.82) is 0 Å². The fourth-order valence-electron chi connectivity index (χ4n) is 2.35. The molecule has 1 N–H and O–H groups in total. The standard InChI is InChI=1S/C13H20N2O2/c1-15(9-11-4-2-6-14-8-11)10-12(16)13-5-3-7-17-13/h3,5,7,11,14H,2,4,6,8-10H2,1H3/t11-/m1/s1. The lowest BCUT2D eigenvalue weighted by molar-refractivity contribution is 0.0907. The molecule has 1 atom stereocenters. The number of likely N-dealkylation sites (N-methyl/N-ethyl adjacent to an activating group) is 1. The second-order valence-corrected chi connectivity index (χ2v) is 4.81. The molecule has 1 saturated heterocycles. The molecule has 17 heavy (non-hydrogen) atoms. The molecule has 0 spiro atoms. The molecule has 0 bridgehead atoms. The Kier molecular flexibility index (Phi) is 4.34. The molecule has 1 aromatic heterocycles. The minimum absolute atomic E-state index is 0.0567. The molecule has 2 rings (SSSR count). The van der Waals surface area contributed by atoms with Crippen molar-refractivity contribution in [3.8, 4) is 0 Å². The maximum atomic E-state index is 11.8. The van der Waals surface area contributed by atoms with Crippen LogP contribution in [-0.2, 0) is 0 Å². The van der Waals surface area contributed by atoms with Crippen LogP contribution in [0.2, 0.25) is 0 Å². The third-order valence-electron chi connectivity index (χ3n) is 3.18. The Morgan fingerprint density at radius 3 is 3.18 bits per heavy atom. The molecular formula is C13H20N2O2. The molecule has 0 saturated carbocycles. The number of hydrogen-bond donors (Lipinski definition) is 1. The zero-order valence-electron chi connectivity index (χ0n) is 10.3. The van der Waals surface area contributed by atoms with Crippen molar-refractivity contribution < 1.29 is 9.21 Å². The van der Waals surface area contributed by atoms with E-state index in [-0.39, 0.29) is 5.78 Å². The summed E-state index contributed by atoms with van der Waals surface area (Å²) < 4.78 is 5.10. The number of nitrogens with zero attached hydrogens (tertiary/aromatic N) is 1. The van der Waals surface area contributed by atoms with E-state index in [0.717, 1.165) is 19.6 Å². The van der Waals surface area contributed by atoms with Crippen molar-refractivity contribution in [2.24, 2.45) is 5.92 Å². The van der Waals surface area contributed by atoms with Crippen molar-refractivity contribution in [3.05, 3.63) is 24.2 Å². The molecule has 4 nitrogen and oxygen atoms in total. The SMILES string of the molecule is CN(CC(=O)c1ccco1)C[C@@H]1CCCNC1. The van der Waals surface area contributed by atoms with Crippen LogP contribution in [0, 0.1) is 5.92 Å². The largest absolute Gasteiger partial charge is 0.461 e. The summed E-state index contributed by atoms with van der Waals surface area (Å²) in [6.45, 7) is 3.61. The van der Waals surface area contributed by atoms with Crippen molar-refractivity contribution in [1.82, 2.24) is 10.2 Å². The van der Waals surface area contributed by atoms with Crippen LogP contribution in [-0.4, -0.2) is 43.9 Å². The first-order valence-corrected chi connectivity index (χ1v) is 6.21. The van der Waals surface area contributed by atoms with Crippen molar-refractivity contribution in [2.45, 2.75) is 12.8 Å². The molecule has 4 heteroatoms. The van der Waals surface area contributed by atoms with Crippen LogP contribution >= 0.6 is 0 Å². The molecule has 0 aliphatic carbocycles. The minimum Gasteiger partial charge on any atom is -0.461 e. The van der Waals surface area contributed by atoms with Crippen LogP contribution in [0.4, 0.5) is 0 Å². The smallest absolute Gasteiger partial charge is 0.211 e. The van der Waals surface area contributed by atoms with Gasteiger partial charge in [0.25, 0.3) is 0 Å². The normalized spacial score (nSPS) is 20.7. The van der Waals surface area contributed by atoms with Gasteiger partial charge in [0, 0.05) is 6.54 Å². The zero-order valence-corrected chi connectivity index (χ0v) is 10.3. The molecule has 2 heterocycles. The Labute approximate surface area is 102 Å². The number of carbonyl (C=O) groups excluding carboxylic acids is 1. The fourth-order valence-corrected chi connectivity index (χ4v) is 2.35. The van der Waals surface area contributed by atoms with Crippen LogP contribution in [0.1, 0.15) is 23.4 Å². The van der Waals surface area contributed by atoms with Gasteiger partial charge in [-0.1, -0.05) is 0 Å². The lowest BCUT2D eigenvalue weighted by Crippen LogP contribution is -2.38. The van der Waals surface area contributed by atoms with E-state index in [1.807, 2.05) is 7.05 Å². The number of carbonyl (C=O) groups is 1. The average molecular weight is 236 g/mol. The van der Waals surface area contributed by atoms with Gasteiger partial charge < -0.3 is 9.73 Å². The fraction of sp³-hybridized carbons (Fsp3) is 0.615. The predicted molar refractivity (Wildman–Crippen MR) is 66.1 cm³/mol. The van der Waals surface area contributed by atoms with Gasteiger partial charge in [-0.15, -0.1) is 0 Å². The monoisotopic (exact) mass is 236 g/mol. The predicted octanol–water partition coefficient (Wildman–Crippen LogP) is 1.39. The van der Waals surface area contributed by atoms with Crippen LogP contribution in [0.3, 0.4) is 0 Å². The van der Waals surface area contributed by atoms with Gasteiger partial charge in [0.15, 0.2) is 5.76 Å². The Bertz CT molecular complexity index is 342. The Morgan fingerprint density at radius 1 is 1.65 bits per heavy atom. The summed E-state index contributed by atoms with van der Waals surface area (Å²) in [6, 6.07) is 3.47. The third-order valence-corrected chi connectivity index (χ3v) is 3.18. The maximum Gasteiger partial charge on any atom is 0.211 e. The first-order valence-electron chi connectivity index (χ1n) is 6.21. The quantitative estimate of drug-likeness (QED) is 0.785. The topological polar surface area (TPSA) is 45.5 Å². The van der Waals surface area contributed by atoms with E-state index in [1.54, 1.807) is 12.1 Å². The second kappa shape index (κ2) is 5.98. The van der Waals surface area contributed by atoms with Crippen LogP contribution in [0.25, 0.3) is 0 Å². The van der Waals surface area contributed by atoms with Gasteiger partial charge in [-0.2, -0.15) is 0 Å². The number of nitrogens with one attached hydrogen (secondary N) is 1. The van der Waals surface area contributed by atoms with Gasteiger partial charge in [0.2, 0.25) is 5.78 Å². The lowest BCUT2D eigenvalue weighted by atomic mass is 9.99. The minimum atomic E-state index is 0.0567. The summed E-state index contributed by atoms with van der Waals surface area (Å²) in [5.41, 5.74) is 0. The summed E-state index contributed by atoms with van der Waals surface area (Å²) in [5, 5.41) is 3.39. The maximum absolute atomic E-state index is 11.8. The molecule has 1 aliphatic rings. The second-order valence-electron chi connectivity index (χ2n) is 4.81. The highest BCUT2D eigenvalue weighted by Crippen LogP contribution is 2.11. The van der Waals surface area contributed by atoms with Gasteiger partial charge in [0.1, 0.15) is 0 Å². The number of rotatable bonds is 5. The molecule has 0 aromatic carbocycles. The van der Waals surface area contributed by atoms with E-state index in [2.05, 4.69) is 10.2 Å². The van der Waals surface area contributed by atoms with E-state index >= 15 is 0 Å². The molecule has 94 valence electrons.